The maximum atomic E-state index is 13.0. The lowest BCUT2D eigenvalue weighted by molar-refractivity contribution is -0.137. The number of nitrogens with one attached hydrogen (secondary N) is 1. The van der Waals surface area contributed by atoms with Crippen LogP contribution in [0.25, 0.3) is 0 Å². The van der Waals surface area contributed by atoms with E-state index in [-0.39, 0.29) is 31.0 Å². The van der Waals surface area contributed by atoms with E-state index >= 15 is 0 Å². The number of alkyl halides is 3. The first-order valence-corrected chi connectivity index (χ1v) is 12.6. The number of halogens is 3. The van der Waals surface area contributed by atoms with Crippen molar-refractivity contribution >= 4 is 15.9 Å². The molecule has 1 amide bonds. The molecule has 0 saturated carbocycles. The van der Waals surface area contributed by atoms with E-state index < -0.39 is 26.7 Å². The van der Waals surface area contributed by atoms with Gasteiger partial charge in [-0.3, -0.25) is 4.79 Å². The second-order valence-corrected chi connectivity index (χ2v) is 10.5. The average molecular weight is 499 g/mol. The molecule has 2 aromatic rings. The van der Waals surface area contributed by atoms with Crippen LogP contribution in [-0.4, -0.2) is 37.8 Å². The van der Waals surface area contributed by atoms with Crippen molar-refractivity contribution in [1.29, 1.82) is 0 Å². The number of hydrogen-bond acceptors (Lipinski definition) is 4. The molecule has 1 N–H and O–H groups in total. The molecule has 0 atom stereocenters. The Hall–Kier alpha value is -2.43. The minimum atomic E-state index is -4.63. The number of piperidine rings is 1. The highest BCUT2D eigenvalue weighted by Crippen LogP contribution is 2.32. The third kappa shape index (κ3) is 6.80. The smallest absolute Gasteiger partial charge is 0.374 e. The van der Waals surface area contributed by atoms with E-state index in [4.69, 9.17) is 4.74 Å². The normalized spacial score (nSPS) is 16.1. The summed E-state index contributed by atoms with van der Waals surface area (Å²) in [6.07, 6.45) is -3.91. The second kappa shape index (κ2) is 10.9. The highest BCUT2D eigenvalue weighted by Gasteiger charge is 2.35. The number of carbonyl (C=O) groups excluding carboxylic acids is 1. The summed E-state index contributed by atoms with van der Waals surface area (Å²) >= 11 is 0. The number of benzene rings is 2. The van der Waals surface area contributed by atoms with Gasteiger partial charge in [0.2, 0.25) is 15.9 Å². The first-order chi connectivity index (χ1) is 16.0. The summed E-state index contributed by atoms with van der Waals surface area (Å²) in [6, 6.07) is 11.4. The van der Waals surface area contributed by atoms with Crippen molar-refractivity contribution in [3.63, 3.8) is 0 Å². The molecule has 0 unspecified atom stereocenters. The zero-order valence-corrected chi connectivity index (χ0v) is 20.0. The fourth-order valence-corrected chi connectivity index (χ4v) is 5.28. The predicted molar refractivity (Wildman–Crippen MR) is 121 cm³/mol. The number of rotatable bonds is 8. The lowest BCUT2D eigenvalue weighted by atomic mass is 9.97. The van der Waals surface area contributed by atoms with Crippen LogP contribution in [0.5, 0.6) is 0 Å². The van der Waals surface area contributed by atoms with Crippen LogP contribution < -0.4 is 5.32 Å². The number of amides is 1. The number of sulfonamides is 1. The molecule has 6 nitrogen and oxygen atoms in total. The van der Waals surface area contributed by atoms with Crippen LogP contribution in [0.1, 0.15) is 43.4 Å². The number of ether oxygens (including phenoxy) is 1. The molecule has 2 aromatic carbocycles. The van der Waals surface area contributed by atoms with Crippen molar-refractivity contribution in [2.75, 3.05) is 13.1 Å². The average Bonchev–Trinajstić information content (AvgIpc) is 2.81. The number of nitrogens with zero attached hydrogens (tertiary/aromatic N) is 1. The molecule has 186 valence electrons. The Labute approximate surface area is 198 Å². The van der Waals surface area contributed by atoms with Crippen LogP contribution in [0.3, 0.4) is 0 Å². The molecule has 1 saturated heterocycles. The van der Waals surface area contributed by atoms with Crippen molar-refractivity contribution in [3.8, 4) is 0 Å². The van der Waals surface area contributed by atoms with Gasteiger partial charge in [-0.1, -0.05) is 30.3 Å². The van der Waals surface area contributed by atoms with Crippen LogP contribution in [0.15, 0.2) is 53.4 Å². The van der Waals surface area contributed by atoms with Gasteiger partial charge in [0.25, 0.3) is 0 Å². The second-order valence-electron chi connectivity index (χ2n) is 8.60. The molecule has 1 fully saturated rings. The van der Waals surface area contributed by atoms with E-state index in [1.54, 1.807) is 0 Å². The predicted octanol–water partition coefficient (Wildman–Crippen LogP) is 4.35. The van der Waals surface area contributed by atoms with E-state index in [2.05, 4.69) is 5.32 Å². The Bertz CT molecular complexity index is 1100. The molecule has 1 aliphatic heterocycles. The third-order valence-corrected chi connectivity index (χ3v) is 7.56. The van der Waals surface area contributed by atoms with Gasteiger partial charge in [0, 0.05) is 25.6 Å². The summed E-state index contributed by atoms with van der Waals surface area (Å²) in [6.45, 7) is 4.88. The minimum Gasteiger partial charge on any atom is -0.374 e. The van der Waals surface area contributed by atoms with Crippen LogP contribution in [0.4, 0.5) is 13.2 Å². The van der Waals surface area contributed by atoms with E-state index in [0.717, 1.165) is 33.6 Å². The Morgan fingerprint density at radius 3 is 2.38 bits per heavy atom. The first-order valence-electron chi connectivity index (χ1n) is 11.1. The lowest BCUT2D eigenvalue weighted by Crippen LogP contribution is -2.42. The number of hydrogen-bond donors (Lipinski definition) is 1. The molecule has 1 heterocycles. The van der Waals surface area contributed by atoms with Crippen molar-refractivity contribution < 1.29 is 31.1 Å². The minimum absolute atomic E-state index is 0.0681. The largest absolute Gasteiger partial charge is 0.416 e. The van der Waals surface area contributed by atoms with Gasteiger partial charge in [0.15, 0.2) is 0 Å². The maximum Gasteiger partial charge on any atom is 0.416 e. The zero-order valence-electron chi connectivity index (χ0n) is 19.1. The molecule has 0 radical (unpaired) electrons. The lowest BCUT2D eigenvalue weighted by Gasteiger charge is -2.30. The van der Waals surface area contributed by atoms with Gasteiger partial charge in [-0.2, -0.15) is 17.5 Å². The third-order valence-electron chi connectivity index (χ3n) is 5.67. The fraction of sp³-hybridized carbons (Fsp3) is 0.458. The van der Waals surface area contributed by atoms with Crippen LogP contribution >= 0.6 is 0 Å². The van der Waals surface area contributed by atoms with Gasteiger partial charge >= 0.3 is 6.18 Å². The summed E-state index contributed by atoms with van der Waals surface area (Å²) in [4.78, 5) is 12.2. The zero-order chi connectivity index (χ0) is 24.9. The van der Waals surface area contributed by atoms with Crippen molar-refractivity contribution in [2.45, 2.75) is 57.0 Å². The summed E-state index contributed by atoms with van der Waals surface area (Å²) in [7, 11) is -4.08. The molecular weight excluding hydrogens is 469 g/mol. The van der Waals surface area contributed by atoms with Gasteiger partial charge in [-0.15, -0.1) is 0 Å². The maximum absolute atomic E-state index is 13.0. The molecule has 0 bridgehead atoms. The Morgan fingerprint density at radius 2 is 1.74 bits per heavy atom. The van der Waals surface area contributed by atoms with Gasteiger partial charge in [0.1, 0.15) is 0 Å². The molecule has 3 rings (SSSR count). The van der Waals surface area contributed by atoms with E-state index in [0.29, 0.717) is 32.1 Å². The van der Waals surface area contributed by atoms with Crippen molar-refractivity contribution in [2.24, 2.45) is 5.92 Å². The SMILES string of the molecule is CC(C)OCc1cccc(CNC(=O)C2CCN(S(=O)(=O)c3cccc(C(F)(F)F)c3)CC2)c1. The summed E-state index contributed by atoms with van der Waals surface area (Å²) < 4.78 is 71.3. The number of carbonyl (C=O) groups is 1. The Balaban J connectivity index is 1.54. The first kappa shape index (κ1) is 26.2. The molecule has 34 heavy (non-hydrogen) atoms. The van der Waals surface area contributed by atoms with E-state index in [1.165, 1.54) is 0 Å². The highest BCUT2D eigenvalue weighted by atomic mass is 32.2. The summed E-state index contributed by atoms with van der Waals surface area (Å²) in [5.41, 5.74) is 0.930. The molecule has 0 aliphatic carbocycles. The molecule has 10 heteroatoms. The van der Waals surface area contributed by atoms with Crippen molar-refractivity contribution in [3.05, 3.63) is 65.2 Å². The summed E-state index contributed by atoms with van der Waals surface area (Å²) in [5, 5.41) is 2.90. The van der Waals surface area contributed by atoms with Crippen molar-refractivity contribution in [1.82, 2.24) is 9.62 Å². The molecule has 1 aliphatic rings. The molecule has 0 aromatic heterocycles. The standard InChI is InChI=1S/C24H29F3N2O4S/c1-17(2)33-16-19-6-3-5-18(13-19)15-28-23(30)20-9-11-29(12-10-20)34(31,32)22-8-4-7-21(14-22)24(25,26)27/h3-8,13-14,17,20H,9-12,15-16H2,1-2H3,(H,28,30). The van der Waals surface area contributed by atoms with Crippen LogP contribution in [-0.2, 0) is 38.9 Å². The monoisotopic (exact) mass is 498 g/mol. The molecular formula is C24H29F3N2O4S. The van der Waals surface area contributed by atoms with Crippen LogP contribution in [0.2, 0.25) is 0 Å². The van der Waals surface area contributed by atoms with Crippen LogP contribution in [0, 0.1) is 5.92 Å². The molecule has 0 spiro atoms. The Kier molecular flexibility index (Phi) is 8.38. The Morgan fingerprint density at radius 1 is 1.09 bits per heavy atom. The van der Waals surface area contributed by atoms with E-state index in [9.17, 15) is 26.4 Å². The van der Waals surface area contributed by atoms with Gasteiger partial charge in [0.05, 0.1) is 23.2 Å². The fourth-order valence-electron chi connectivity index (χ4n) is 3.77. The van der Waals surface area contributed by atoms with Gasteiger partial charge in [-0.05, 0) is 56.0 Å². The van der Waals surface area contributed by atoms with Gasteiger partial charge in [-0.25, -0.2) is 8.42 Å². The van der Waals surface area contributed by atoms with Gasteiger partial charge < -0.3 is 10.1 Å². The van der Waals surface area contributed by atoms with E-state index in [1.807, 2.05) is 38.1 Å². The topological polar surface area (TPSA) is 75.7 Å². The highest BCUT2D eigenvalue weighted by molar-refractivity contribution is 7.89. The quantitative estimate of drug-likeness (QED) is 0.587. The summed E-state index contributed by atoms with van der Waals surface area (Å²) in [5.74, 6) is -0.527.